The summed E-state index contributed by atoms with van der Waals surface area (Å²) >= 11 is 0. The summed E-state index contributed by atoms with van der Waals surface area (Å²) in [5.41, 5.74) is 0. The first-order chi connectivity index (χ1) is 11.4. The zero-order valence-electron chi connectivity index (χ0n) is 14.7. The third-order valence-corrected chi connectivity index (χ3v) is 4.14. The number of aliphatic hydroxyl groups is 4. The highest BCUT2D eigenvalue weighted by Crippen LogP contribution is 2.14. The van der Waals surface area contributed by atoms with E-state index in [1.165, 1.54) is 4.90 Å². The van der Waals surface area contributed by atoms with Crippen LogP contribution in [0.2, 0.25) is 0 Å². The summed E-state index contributed by atoms with van der Waals surface area (Å²) in [4.78, 5) is 15.6. The summed E-state index contributed by atoms with van der Waals surface area (Å²) in [5.74, 6) is -0.122. The molecule has 1 rings (SSSR count). The van der Waals surface area contributed by atoms with Crippen molar-refractivity contribution in [1.29, 1.82) is 0 Å². The molecular weight excluding hydrogens is 316 g/mol. The summed E-state index contributed by atoms with van der Waals surface area (Å²) < 4.78 is 5.48. The van der Waals surface area contributed by atoms with Gasteiger partial charge in [-0.05, 0) is 26.9 Å². The standard InChI is InChI=1S/C16H32N2O6/c1-17(2)10-14(22)18-7-5-3-4-6-8-24-16(13(21)11-19)15(23)12(20)9-18/h12-13,15-16,19-21,23H,3-11H2,1-2H3/t12-,13-,15-,16-/m1/s1. The van der Waals surface area contributed by atoms with Gasteiger partial charge in [-0.3, -0.25) is 4.79 Å². The third kappa shape index (κ3) is 7.00. The van der Waals surface area contributed by atoms with Crippen LogP contribution in [0.4, 0.5) is 0 Å². The first kappa shape index (κ1) is 21.3. The average molecular weight is 348 g/mol. The first-order valence-corrected chi connectivity index (χ1v) is 8.56. The Morgan fingerprint density at radius 1 is 1.25 bits per heavy atom. The maximum absolute atomic E-state index is 12.3. The van der Waals surface area contributed by atoms with Crippen molar-refractivity contribution in [1.82, 2.24) is 9.80 Å². The highest BCUT2D eigenvalue weighted by atomic mass is 16.5. The Balaban J connectivity index is 2.83. The molecule has 8 heteroatoms. The fourth-order valence-corrected chi connectivity index (χ4v) is 2.76. The molecule has 0 unspecified atom stereocenters. The molecule has 1 heterocycles. The molecule has 8 nitrogen and oxygen atoms in total. The van der Waals surface area contributed by atoms with E-state index in [0.717, 1.165) is 25.7 Å². The van der Waals surface area contributed by atoms with Crippen molar-refractivity contribution in [2.24, 2.45) is 0 Å². The summed E-state index contributed by atoms with van der Waals surface area (Å²) in [7, 11) is 3.59. The molecule has 0 aromatic rings. The van der Waals surface area contributed by atoms with Crippen LogP contribution in [0.3, 0.4) is 0 Å². The third-order valence-electron chi connectivity index (χ3n) is 4.14. The van der Waals surface area contributed by atoms with E-state index in [1.54, 1.807) is 19.0 Å². The molecule has 142 valence electrons. The maximum atomic E-state index is 12.3. The van der Waals surface area contributed by atoms with Crippen LogP contribution in [-0.2, 0) is 9.53 Å². The Hall–Kier alpha value is -0.770. The average Bonchev–Trinajstić information content (AvgIpc) is 2.53. The number of β-amino-alcohol motifs (C(OH)–C–C–N with tert-alkyl or cyclic N) is 1. The minimum Gasteiger partial charge on any atom is -0.394 e. The number of amides is 1. The molecule has 1 saturated heterocycles. The van der Waals surface area contributed by atoms with Gasteiger partial charge in [0.2, 0.25) is 5.91 Å². The van der Waals surface area contributed by atoms with Crippen LogP contribution in [0.1, 0.15) is 25.7 Å². The molecular formula is C16H32N2O6. The van der Waals surface area contributed by atoms with Crippen LogP contribution in [0, 0.1) is 0 Å². The van der Waals surface area contributed by atoms with Gasteiger partial charge >= 0.3 is 0 Å². The fraction of sp³-hybridized carbons (Fsp3) is 0.938. The zero-order valence-corrected chi connectivity index (χ0v) is 14.7. The number of nitrogens with zero attached hydrogens (tertiary/aromatic N) is 2. The first-order valence-electron chi connectivity index (χ1n) is 8.56. The molecule has 0 aromatic carbocycles. The van der Waals surface area contributed by atoms with Crippen LogP contribution in [-0.4, -0.2) is 107 Å². The van der Waals surface area contributed by atoms with Gasteiger partial charge in [0, 0.05) is 19.7 Å². The number of carbonyl (C=O) groups excluding carboxylic acids is 1. The van der Waals surface area contributed by atoms with Crippen molar-refractivity contribution in [3.8, 4) is 0 Å². The highest BCUT2D eigenvalue weighted by Gasteiger charge is 2.34. The maximum Gasteiger partial charge on any atom is 0.236 e. The Bertz CT molecular complexity index is 368. The number of rotatable bonds is 4. The van der Waals surface area contributed by atoms with Crippen molar-refractivity contribution >= 4 is 5.91 Å². The summed E-state index contributed by atoms with van der Waals surface area (Å²) in [5, 5.41) is 39.6. The smallest absolute Gasteiger partial charge is 0.236 e. The van der Waals surface area contributed by atoms with Crippen molar-refractivity contribution in [2.75, 3.05) is 46.9 Å². The molecule has 4 atom stereocenters. The lowest BCUT2D eigenvalue weighted by molar-refractivity contribution is -0.152. The fourth-order valence-electron chi connectivity index (χ4n) is 2.76. The normalized spacial score (nSPS) is 29.0. The van der Waals surface area contributed by atoms with E-state index in [4.69, 9.17) is 9.84 Å². The van der Waals surface area contributed by atoms with Gasteiger partial charge in [-0.15, -0.1) is 0 Å². The zero-order chi connectivity index (χ0) is 18.1. The molecule has 0 aromatic heterocycles. The monoisotopic (exact) mass is 348 g/mol. The van der Waals surface area contributed by atoms with Gasteiger partial charge in [-0.2, -0.15) is 0 Å². The van der Waals surface area contributed by atoms with Crippen LogP contribution in [0.25, 0.3) is 0 Å². The van der Waals surface area contributed by atoms with Crippen LogP contribution < -0.4 is 0 Å². The SMILES string of the molecule is CN(C)CC(=O)N1CCCCCCO[C@H]([C@H](O)CO)[C@H](O)[C@H](O)C1. The van der Waals surface area contributed by atoms with Crippen molar-refractivity contribution in [2.45, 2.75) is 50.1 Å². The van der Waals surface area contributed by atoms with E-state index in [2.05, 4.69) is 0 Å². The predicted molar refractivity (Wildman–Crippen MR) is 88.4 cm³/mol. The lowest BCUT2D eigenvalue weighted by atomic mass is 10.0. The summed E-state index contributed by atoms with van der Waals surface area (Å²) in [6.07, 6.45) is -1.60. The Morgan fingerprint density at radius 3 is 2.54 bits per heavy atom. The molecule has 0 aliphatic carbocycles. The Morgan fingerprint density at radius 2 is 1.92 bits per heavy atom. The number of likely N-dealkylation sites (N-methyl/N-ethyl adjacent to an activating group) is 1. The Kier molecular flexibility index (Phi) is 9.72. The molecule has 1 aliphatic rings. The number of hydrogen-bond acceptors (Lipinski definition) is 7. The lowest BCUT2D eigenvalue weighted by Gasteiger charge is -2.33. The number of carbonyl (C=O) groups is 1. The second kappa shape index (κ2) is 11.0. The van der Waals surface area contributed by atoms with Crippen LogP contribution in [0.5, 0.6) is 0 Å². The van der Waals surface area contributed by atoms with Gasteiger partial charge in [0.25, 0.3) is 0 Å². The minimum absolute atomic E-state index is 0.0359. The molecule has 4 N–H and O–H groups in total. The van der Waals surface area contributed by atoms with Crippen LogP contribution >= 0.6 is 0 Å². The van der Waals surface area contributed by atoms with E-state index in [-0.39, 0.29) is 19.0 Å². The van der Waals surface area contributed by atoms with Crippen LogP contribution in [0.15, 0.2) is 0 Å². The van der Waals surface area contributed by atoms with E-state index < -0.39 is 31.0 Å². The van der Waals surface area contributed by atoms with Crippen molar-refractivity contribution in [3.05, 3.63) is 0 Å². The quantitative estimate of drug-likeness (QED) is 0.484. The molecule has 0 saturated carbocycles. The van der Waals surface area contributed by atoms with Gasteiger partial charge in [-0.25, -0.2) is 0 Å². The molecule has 0 spiro atoms. The molecule has 0 bridgehead atoms. The van der Waals surface area contributed by atoms with Gasteiger partial charge in [0.15, 0.2) is 0 Å². The molecule has 1 amide bonds. The van der Waals surface area contributed by atoms with E-state index >= 15 is 0 Å². The largest absolute Gasteiger partial charge is 0.394 e. The summed E-state index contributed by atoms with van der Waals surface area (Å²) in [6.45, 7) is 0.477. The lowest BCUT2D eigenvalue weighted by Crippen LogP contribution is -2.52. The Labute approximate surface area is 143 Å². The van der Waals surface area contributed by atoms with Crippen molar-refractivity contribution < 1.29 is 30.0 Å². The van der Waals surface area contributed by atoms with Gasteiger partial charge in [0.1, 0.15) is 24.4 Å². The van der Waals surface area contributed by atoms with E-state index in [1.807, 2.05) is 0 Å². The molecule has 1 aliphatic heterocycles. The summed E-state index contributed by atoms with van der Waals surface area (Å²) in [6, 6.07) is 0. The minimum atomic E-state index is -1.39. The topological polar surface area (TPSA) is 114 Å². The number of hydrogen-bond donors (Lipinski definition) is 4. The van der Waals surface area contributed by atoms with Gasteiger partial charge < -0.3 is 35.0 Å². The van der Waals surface area contributed by atoms with Crippen molar-refractivity contribution in [3.63, 3.8) is 0 Å². The molecule has 0 radical (unpaired) electrons. The number of aliphatic hydroxyl groups excluding tert-OH is 4. The van der Waals surface area contributed by atoms with E-state index in [9.17, 15) is 20.1 Å². The van der Waals surface area contributed by atoms with E-state index in [0.29, 0.717) is 13.2 Å². The second-order valence-corrected chi connectivity index (χ2v) is 6.64. The predicted octanol–water partition coefficient (Wildman–Crippen LogP) is -1.59. The number of ether oxygens (including phenoxy) is 1. The van der Waals surface area contributed by atoms with Gasteiger partial charge in [-0.1, -0.05) is 12.8 Å². The molecule has 24 heavy (non-hydrogen) atoms. The molecule has 1 fully saturated rings. The highest BCUT2D eigenvalue weighted by molar-refractivity contribution is 5.78. The second-order valence-electron chi connectivity index (χ2n) is 6.64. The van der Waals surface area contributed by atoms with Gasteiger partial charge in [0.05, 0.1) is 13.2 Å².